The van der Waals surface area contributed by atoms with Gasteiger partial charge in [0, 0.05) is 6.42 Å². The molecule has 0 amide bonds. The standard InChI is InChI=1S/C7H6O2/c8-6-4-2-1-3-5-7(6)9/h1-4H,5H2. The Morgan fingerprint density at radius 2 is 2.00 bits per heavy atom. The zero-order valence-electron chi connectivity index (χ0n) is 4.83. The Bertz CT molecular complexity index is 199. The molecule has 0 fully saturated rings. The molecule has 0 saturated heterocycles. The van der Waals surface area contributed by atoms with Gasteiger partial charge >= 0.3 is 0 Å². The van der Waals surface area contributed by atoms with Crippen LogP contribution in [0.3, 0.4) is 0 Å². The molecule has 1 aliphatic rings. The van der Waals surface area contributed by atoms with Crippen molar-refractivity contribution in [3.8, 4) is 0 Å². The molecule has 0 heterocycles. The zero-order chi connectivity index (χ0) is 6.69. The van der Waals surface area contributed by atoms with E-state index in [4.69, 9.17) is 0 Å². The highest BCUT2D eigenvalue weighted by Gasteiger charge is 2.08. The van der Waals surface area contributed by atoms with Crippen molar-refractivity contribution in [2.75, 3.05) is 0 Å². The van der Waals surface area contributed by atoms with Crippen LogP contribution in [-0.2, 0) is 9.59 Å². The summed E-state index contributed by atoms with van der Waals surface area (Å²) in [6, 6.07) is 0. The van der Waals surface area contributed by atoms with E-state index in [-0.39, 0.29) is 12.2 Å². The van der Waals surface area contributed by atoms with Crippen molar-refractivity contribution in [3.05, 3.63) is 24.3 Å². The first kappa shape index (κ1) is 5.95. The van der Waals surface area contributed by atoms with Gasteiger partial charge in [-0.2, -0.15) is 0 Å². The highest BCUT2D eigenvalue weighted by atomic mass is 16.2. The smallest absolute Gasteiger partial charge is 0.221 e. The molecular weight excluding hydrogens is 116 g/mol. The Morgan fingerprint density at radius 1 is 1.22 bits per heavy atom. The summed E-state index contributed by atoms with van der Waals surface area (Å²) in [6.45, 7) is 0. The summed E-state index contributed by atoms with van der Waals surface area (Å²) in [4.78, 5) is 21.1. The van der Waals surface area contributed by atoms with Crippen molar-refractivity contribution < 1.29 is 9.59 Å². The molecule has 46 valence electrons. The minimum absolute atomic E-state index is 0.242. The summed E-state index contributed by atoms with van der Waals surface area (Å²) in [5.74, 6) is -0.736. The molecule has 0 radical (unpaired) electrons. The van der Waals surface area contributed by atoms with Crippen molar-refractivity contribution in [3.63, 3.8) is 0 Å². The van der Waals surface area contributed by atoms with E-state index in [1.54, 1.807) is 18.2 Å². The van der Waals surface area contributed by atoms with Crippen LogP contribution in [0.4, 0.5) is 0 Å². The predicted molar refractivity (Wildman–Crippen MR) is 32.9 cm³/mol. The fourth-order valence-electron chi connectivity index (χ4n) is 0.590. The molecule has 1 rings (SSSR count). The molecule has 0 aromatic rings. The topological polar surface area (TPSA) is 34.1 Å². The molecule has 0 unspecified atom stereocenters. The number of hydrogen-bond donors (Lipinski definition) is 0. The normalized spacial score (nSPS) is 18.2. The van der Waals surface area contributed by atoms with E-state index in [2.05, 4.69) is 0 Å². The maximum atomic E-state index is 10.6. The summed E-state index contributed by atoms with van der Waals surface area (Å²) in [7, 11) is 0. The highest BCUT2D eigenvalue weighted by Crippen LogP contribution is 1.95. The molecule has 1 aliphatic carbocycles. The quantitative estimate of drug-likeness (QED) is 0.442. The van der Waals surface area contributed by atoms with E-state index < -0.39 is 5.78 Å². The van der Waals surface area contributed by atoms with Gasteiger partial charge in [0.1, 0.15) is 0 Å². The second-order valence-corrected chi connectivity index (χ2v) is 1.78. The van der Waals surface area contributed by atoms with Gasteiger partial charge in [-0.1, -0.05) is 18.2 Å². The van der Waals surface area contributed by atoms with Gasteiger partial charge in [0.2, 0.25) is 11.6 Å². The number of Topliss-reactive ketones (excluding diaryl/α,β-unsaturated/α-hetero) is 1. The van der Waals surface area contributed by atoms with Crippen LogP contribution in [0.15, 0.2) is 24.3 Å². The van der Waals surface area contributed by atoms with Crippen molar-refractivity contribution in [2.24, 2.45) is 0 Å². The molecule has 0 bridgehead atoms. The van der Waals surface area contributed by atoms with Gasteiger partial charge in [0.25, 0.3) is 0 Å². The third kappa shape index (κ3) is 1.35. The van der Waals surface area contributed by atoms with Gasteiger partial charge in [-0.05, 0) is 6.08 Å². The monoisotopic (exact) mass is 122 g/mol. The van der Waals surface area contributed by atoms with Crippen LogP contribution in [0.2, 0.25) is 0 Å². The fourth-order valence-corrected chi connectivity index (χ4v) is 0.590. The van der Waals surface area contributed by atoms with Gasteiger partial charge in [-0.15, -0.1) is 0 Å². The first-order valence-corrected chi connectivity index (χ1v) is 2.71. The zero-order valence-corrected chi connectivity index (χ0v) is 4.83. The van der Waals surface area contributed by atoms with Crippen LogP contribution in [0.5, 0.6) is 0 Å². The van der Waals surface area contributed by atoms with Crippen molar-refractivity contribution >= 4 is 11.6 Å². The van der Waals surface area contributed by atoms with Gasteiger partial charge < -0.3 is 0 Å². The van der Waals surface area contributed by atoms with Gasteiger partial charge in [-0.25, -0.2) is 0 Å². The van der Waals surface area contributed by atoms with E-state index >= 15 is 0 Å². The summed E-state index contributed by atoms with van der Waals surface area (Å²) in [5, 5.41) is 0. The van der Waals surface area contributed by atoms with Crippen LogP contribution in [0.1, 0.15) is 6.42 Å². The summed E-state index contributed by atoms with van der Waals surface area (Å²) in [6.07, 6.45) is 6.47. The third-order valence-electron chi connectivity index (χ3n) is 1.07. The highest BCUT2D eigenvalue weighted by molar-refractivity contribution is 6.42. The lowest BCUT2D eigenvalue weighted by Gasteiger charge is -1.83. The summed E-state index contributed by atoms with van der Waals surface area (Å²) >= 11 is 0. The van der Waals surface area contributed by atoms with E-state index in [9.17, 15) is 9.59 Å². The molecule has 0 saturated carbocycles. The number of ketones is 2. The first-order valence-electron chi connectivity index (χ1n) is 2.71. The maximum absolute atomic E-state index is 10.6. The Hall–Kier alpha value is -1.18. The lowest BCUT2D eigenvalue weighted by Crippen LogP contribution is -2.07. The summed E-state index contributed by atoms with van der Waals surface area (Å²) in [5.41, 5.74) is 0. The Morgan fingerprint density at radius 3 is 2.78 bits per heavy atom. The largest absolute Gasteiger partial charge is 0.290 e. The average Bonchev–Trinajstić information content (AvgIpc) is 1.99. The van der Waals surface area contributed by atoms with E-state index in [1.165, 1.54) is 6.08 Å². The number of allylic oxidation sites excluding steroid dienone is 4. The van der Waals surface area contributed by atoms with Crippen molar-refractivity contribution in [1.82, 2.24) is 0 Å². The molecule has 0 spiro atoms. The maximum Gasteiger partial charge on any atom is 0.221 e. The van der Waals surface area contributed by atoms with Gasteiger partial charge in [0.05, 0.1) is 0 Å². The minimum Gasteiger partial charge on any atom is -0.290 e. The SMILES string of the molecule is O=C1C=CC=CCC1=O. The molecule has 0 aromatic carbocycles. The third-order valence-corrected chi connectivity index (χ3v) is 1.07. The minimum atomic E-state index is -0.403. The number of carbonyl (C=O) groups excluding carboxylic acids is 2. The summed E-state index contributed by atoms with van der Waals surface area (Å²) < 4.78 is 0. The Balaban J connectivity index is 2.81. The van der Waals surface area contributed by atoms with Crippen molar-refractivity contribution in [1.29, 1.82) is 0 Å². The van der Waals surface area contributed by atoms with Crippen LogP contribution in [-0.4, -0.2) is 11.6 Å². The average molecular weight is 122 g/mol. The Kier molecular flexibility index (Phi) is 1.58. The van der Waals surface area contributed by atoms with E-state index in [0.29, 0.717) is 0 Å². The molecule has 0 aliphatic heterocycles. The second-order valence-electron chi connectivity index (χ2n) is 1.78. The van der Waals surface area contributed by atoms with Crippen LogP contribution < -0.4 is 0 Å². The molecule has 0 atom stereocenters. The molecule has 0 aromatic heterocycles. The van der Waals surface area contributed by atoms with E-state index in [0.717, 1.165) is 0 Å². The molecule has 2 nitrogen and oxygen atoms in total. The number of carbonyl (C=O) groups is 2. The Labute approximate surface area is 52.9 Å². The number of rotatable bonds is 0. The first-order chi connectivity index (χ1) is 4.30. The van der Waals surface area contributed by atoms with Gasteiger partial charge in [-0.3, -0.25) is 9.59 Å². The molecular formula is C7H6O2. The van der Waals surface area contributed by atoms with Crippen molar-refractivity contribution in [2.45, 2.75) is 6.42 Å². The fraction of sp³-hybridized carbons (Fsp3) is 0.143. The number of hydrogen-bond acceptors (Lipinski definition) is 2. The van der Waals surface area contributed by atoms with Gasteiger partial charge in [0.15, 0.2) is 0 Å². The lowest BCUT2D eigenvalue weighted by atomic mass is 10.2. The molecule has 9 heavy (non-hydrogen) atoms. The lowest BCUT2D eigenvalue weighted by molar-refractivity contribution is -0.133. The second kappa shape index (κ2) is 2.40. The predicted octanol–water partition coefficient (Wildman–Crippen LogP) is 0.641. The molecule has 0 N–H and O–H groups in total. The van der Waals surface area contributed by atoms with E-state index in [1.807, 2.05) is 0 Å². The van der Waals surface area contributed by atoms with Crippen LogP contribution in [0, 0.1) is 0 Å². The van der Waals surface area contributed by atoms with Crippen LogP contribution in [0.25, 0.3) is 0 Å². The van der Waals surface area contributed by atoms with Crippen LogP contribution >= 0.6 is 0 Å². The molecule has 2 heteroatoms.